The summed E-state index contributed by atoms with van der Waals surface area (Å²) in [6.07, 6.45) is -5.79. The minimum atomic E-state index is -6.63. The molecule has 0 aliphatic heterocycles. The maximum Gasteiger partial charge on any atom is 0.460 e. The summed E-state index contributed by atoms with van der Waals surface area (Å²) in [6, 6.07) is 6.13. The lowest BCUT2D eigenvalue weighted by Gasteiger charge is -2.31. The summed E-state index contributed by atoms with van der Waals surface area (Å²) in [5.74, 6) is -18.3. The van der Waals surface area contributed by atoms with E-state index < -0.39 is 41.9 Å². The first-order valence-electron chi connectivity index (χ1n) is 8.08. The van der Waals surface area contributed by atoms with Crippen LogP contribution in [0.2, 0.25) is 0 Å². The van der Waals surface area contributed by atoms with Crippen molar-refractivity contribution in [1.29, 1.82) is 0 Å². The second-order valence-electron chi connectivity index (χ2n) is 6.26. The van der Waals surface area contributed by atoms with Gasteiger partial charge in [-0.3, -0.25) is 9.59 Å². The van der Waals surface area contributed by atoms with E-state index in [2.05, 4.69) is 0 Å². The molecule has 0 heterocycles. The minimum Gasteiger partial charge on any atom is -0.497 e. The van der Waals surface area contributed by atoms with Crippen LogP contribution in [-0.4, -0.2) is 36.7 Å². The molecule has 1 aliphatic rings. The zero-order valence-electron chi connectivity index (χ0n) is 14.5. The molecule has 1 unspecified atom stereocenters. The van der Waals surface area contributed by atoms with Crippen molar-refractivity contribution in [2.45, 2.75) is 37.3 Å². The van der Waals surface area contributed by atoms with Crippen molar-refractivity contribution < 1.29 is 45.1 Å². The smallest absolute Gasteiger partial charge is 0.460 e. The standard InChI is InChI=1S/C18H15F7O3/c1-28-12-7-5-10(6-8-12)9-11-3-2-4-13(14(11)26)15(27)16(19,20)17(21,22)18(23,24)25/h5-9,13H,2-4H2,1H3/b11-9+. The Labute approximate surface area is 155 Å². The monoisotopic (exact) mass is 412 g/mol. The molecule has 0 bridgehead atoms. The van der Waals surface area contributed by atoms with Gasteiger partial charge >= 0.3 is 18.0 Å². The molecule has 0 aromatic heterocycles. The number of alkyl halides is 7. The zero-order valence-corrected chi connectivity index (χ0v) is 14.5. The van der Waals surface area contributed by atoms with Gasteiger partial charge in [-0.25, -0.2) is 0 Å². The van der Waals surface area contributed by atoms with E-state index in [0.29, 0.717) is 11.3 Å². The van der Waals surface area contributed by atoms with E-state index in [-0.39, 0.29) is 18.4 Å². The van der Waals surface area contributed by atoms with Crippen molar-refractivity contribution in [2.24, 2.45) is 5.92 Å². The lowest BCUT2D eigenvalue weighted by molar-refractivity contribution is -0.344. The quantitative estimate of drug-likeness (QED) is 0.395. The fourth-order valence-corrected chi connectivity index (χ4v) is 2.82. The first-order valence-corrected chi connectivity index (χ1v) is 8.08. The molecule has 1 aliphatic carbocycles. The van der Waals surface area contributed by atoms with Crippen LogP contribution in [-0.2, 0) is 9.59 Å². The number of ether oxygens (including phenoxy) is 1. The van der Waals surface area contributed by atoms with Crippen LogP contribution >= 0.6 is 0 Å². The van der Waals surface area contributed by atoms with Gasteiger partial charge < -0.3 is 4.74 Å². The third-order valence-electron chi connectivity index (χ3n) is 4.40. The Morgan fingerprint density at radius 3 is 2.14 bits per heavy atom. The highest BCUT2D eigenvalue weighted by Gasteiger charge is 2.76. The molecule has 1 atom stereocenters. The second kappa shape index (κ2) is 7.56. The SMILES string of the molecule is COc1ccc(/C=C2\CCCC(C(=O)C(F)(F)C(F)(F)C(F)(F)F)C2=O)cc1. The van der Waals surface area contributed by atoms with Crippen LogP contribution in [0.3, 0.4) is 0 Å². The third kappa shape index (κ3) is 3.90. The molecule has 0 saturated heterocycles. The van der Waals surface area contributed by atoms with Gasteiger partial charge in [0.25, 0.3) is 0 Å². The van der Waals surface area contributed by atoms with Gasteiger partial charge in [0.2, 0.25) is 5.78 Å². The van der Waals surface area contributed by atoms with Crippen molar-refractivity contribution in [3.05, 3.63) is 35.4 Å². The van der Waals surface area contributed by atoms with Crippen LogP contribution in [0.1, 0.15) is 24.8 Å². The molecule has 0 amide bonds. The average molecular weight is 412 g/mol. The minimum absolute atomic E-state index is 0.0117. The van der Waals surface area contributed by atoms with Gasteiger partial charge in [0.1, 0.15) is 5.75 Å². The van der Waals surface area contributed by atoms with Crippen molar-refractivity contribution in [3.8, 4) is 5.75 Å². The average Bonchev–Trinajstić information content (AvgIpc) is 2.62. The van der Waals surface area contributed by atoms with Crippen LogP contribution in [0.25, 0.3) is 6.08 Å². The largest absolute Gasteiger partial charge is 0.497 e. The molecular formula is C18H15F7O3. The topological polar surface area (TPSA) is 43.4 Å². The van der Waals surface area contributed by atoms with E-state index in [0.717, 1.165) is 0 Å². The van der Waals surface area contributed by atoms with Gasteiger partial charge in [0.05, 0.1) is 13.0 Å². The molecule has 1 aromatic carbocycles. The number of benzene rings is 1. The number of carbonyl (C=O) groups is 2. The van der Waals surface area contributed by atoms with Gasteiger partial charge in [-0.05, 0) is 48.6 Å². The van der Waals surface area contributed by atoms with Crippen molar-refractivity contribution in [3.63, 3.8) is 0 Å². The molecule has 1 saturated carbocycles. The van der Waals surface area contributed by atoms with E-state index in [1.165, 1.54) is 25.3 Å². The Kier molecular flexibility index (Phi) is 5.91. The summed E-state index contributed by atoms with van der Waals surface area (Å²) in [6.45, 7) is 0. The number of ketones is 2. The van der Waals surface area contributed by atoms with Crippen molar-refractivity contribution in [1.82, 2.24) is 0 Å². The van der Waals surface area contributed by atoms with Crippen molar-refractivity contribution in [2.75, 3.05) is 7.11 Å². The molecule has 3 nitrogen and oxygen atoms in total. The highest BCUT2D eigenvalue weighted by atomic mass is 19.4. The van der Waals surface area contributed by atoms with Crippen LogP contribution in [0.15, 0.2) is 29.8 Å². The lowest BCUT2D eigenvalue weighted by atomic mass is 9.78. The highest BCUT2D eigenvalue weighted by Crippen LogP contribution is 2.48. The Morgan fingerprint density at radius 2 is 1.64 bits per heavy atom. The van der Waals surface area contributed by atoms with E-state index in [9.17, 15) is 40.3 Å². The number of halogens is 7. The number of rotatable bonds is 5. The summed E-state index contributed by atoms with van der Waals surface area (Å²) >= 11 is 0. The molecule has 10 heteroatoms. The van der Waals surface area contributed by atoms with E-state index in [4.69, 9.17) is 4.74 Å². The Morgan fingerprint density at radius 1 is 1.07 bits per heavy atom. The van der Waals surface area contributed by atoms with E-state index >= 15 is 0 Å². The van der Waals surface area contributed by atoms with Gasteiger partial charge in [0.15, 0.2) is 5.78 Å². The van der Waals surface area contributed by atoms with Gasteiger partial charge in [-0.15, -0.1) is 0 Å². The number of allylic oxidation sites excluding steroid dienone is 1. The lowest BCUT2D eigenvalue weighted by Crippen LogP contribution is -2.58. The van der Waals surface area contributed by atoms with E-state index in [1.807, 2.05) is 0 Å². The first-order chi connectivity index (χ1) is 12.8. The zero-order chi connectivity index (χ0) is 21.3. The summed E-state index contributed by atoms with van der Waals surface area (Å²) < 4.78 is 95.4. The Bertz CT molecular complexity index is 779. The second-order valence-corrected chi connectivity index (χ2v) is 6.26. The number of hydrogen-bond acceptors (Lipinski definition) is 3. The molecule has 2 rings (SSSR count). The Hall–Kier alpha value is -2.39. The third-order valence-corrected chi connectivity index (χ3v) is 4.40. The maximum absolute atomic E-state index is 13.7. The summed E-state index contributed by atoms with van der Waals surface area (Å²) in [7, 11) is 1.42. The predicted molar refractivity (Wildman–Crippen MR) is 84.3 cm³/mol. The molecule has 0 N–H and O–H groups in total. The Balaban J connectivity index is 2.30. The fourth-order valence-electron chi connectivity index (χ4n) is 2.82. The van der Waals surface area contributed by atoms with Gasteiger partial charge in [0, 0.05) is 0 Å². The predicted octanol–water partition coefficient (Wildman–Crippen LogP) is 4.85. The summed E-state index contributed by atoms with van der Waals surface area (Å²) in [4.78, 5) is 24.2. The number of hydrogen-bond donors (Lipinski definition) is 0. The number of Topliss-reactive ketones (excluding diaryl/α,β-unsaturated/α-hetero) is 2. The number of methoxy groups -OCH3 is 1. The van der Waals surface area contributed by atoms with Crippen LogP contribution < -0.4 is 4.74 Å². The van der Waals surface area contributed by atoms with Crippen LogP contribution in [0.4, 0.5) is 30.7 Å². The molecule has 0 radical (unpaired) electrons. The molecule has 28 heavy (non-hydrogen) atoms. The fraction of sp³-hybridized carbons (Fsp3) is 0.444. The normalized spacial score (nSPS) is 20.4. The molecule has 1 aromatic rings. The van der Waals surface area contributed by atoms with Gasteiger partial charge in [-0.2, -0.15) is 30.7 Å². The van der Waals surface area contributed by atoms with Gasteiger partial charge in [-0.1, -0.05) is 12.1 Å². The van der Waals surface area contributed by atoms with E-state index in [1.54, 1.807) is 12.1 Å². The highest BCUT2D eigenvalue weighted by molar-refractivity contribution is 6.14. The van der Waals surface area contributed by atoms with Crippen LogP contribution in [0, 0.1) is 5.92 Å². The number of carbonyl (C=O) groups excluding carboxylic acids is 2. The summed E-state index contributed by atoms with van der Waals surface area (Å²) in [5.41, 5.74) is 0.352. The molecule has 0 spiro atoms. The molecular weight excluding hydrogens is 397 g/mol. The maximum atomic E-state index is 13.7. The van der Waals surface area contributed by atoms with Crippen molar-refractivity contribution >= 4 is 17.6 Å². The summed E-state index contributed by atoms with van der Waals surface area (Å²) in [5, 5.41) is 0. The first kappa shape index (κ1) is 21.9. The molecule has 1 fully saturated rings. The molecule has 154 valence electrons. The van der Waals surface area contributed by atoms with Crippen LogP contribution in [0.5, 0.6) is 5.75 Å².